The standard InChI is InChI=1S/C18H29NO3.ClH/c1-21-18-13-15(9-10-17(18)22-12-11-20)14-19-16-7-5-3-2-4-6-8-16;/h9-10,13,16,19-20H,2-8,11-12,14H2,1H3;1H. The van der Waals surface area contributed by atoms with Crippen LogP contribution in [-0.4, -0.2) is 31.5 Å². The van der Waals surface area contributed by atoms with E-state index in [0.29, 0.717) is 11.8 Å². The molecule has 1 aliphatic carbocycles. The predicted molar refractivity (Wildman–Crippen MR) is 95.8 cm³/mol. The van der Waals surface area contributed by atoms with Crippen LogP contribution in [0.2, 0.25) is 0 Å². The van der Waals surface area contributed by atoms with Crippen molar-refractivity contribution >= 4 is 12.4 Å². The van der Waals surface area contributed by atoms with Gasteiger partial charge in [0.15, 0.2) is 11.5 Å². The summed E-state index contributed by atoms with van der Waals surface area (Å²) in [5.41, 5.74) is 1.20. The lowest BCUT2D eigenvalue weighted by atomic mass is 9.96. The van der Waals surface area contributed by atoms with Gasteiger partial charge >= 0.3 is 0 Å². The Kier molecular flexibility index (Phi) is 10.1. The summed E-state index contributed by atoms with van der Waals surface area (Å²) in [6.07, 6.45) is 9.42. The molecule has 0 heterocycles. The number of aliphatic hydroxyl groups excluding tert-OH is 1. The van der Waals surface area contributed by atoms with E-state index in [4.69, 9.17) is 14.6 Å². The van der Waals surface area contributed by atoms with Crippen LogP contribution in [0.5, 0.6) is 11.5 Å². The van der Waals surface area contributed by atoms with Crippen LogP contribution in [0.15, 0.2) is 18.2 Å². The Bertz CT molecular complexity index is 434. The second-order valence-corrected chi connectivity index (χ2v) is 5.98. The molecule has 1 fully saturated rings. The van der Waals surface area contributed by atoms with Gasteiger partial charge in [0, 0.05) is 12.6 Å². The van der Waals surface area contributed by atoms with E-state index in [2.05, 4.69) is 11.4 Å². The first-order valence-corrected chi connectivity index (χ1v) is 8.47. The van der Waals surface area contributed by atoms with Crippen LogP contribution >= 0.6 is 12.4 Å². The number of aliphatic hydroxyl groups is 1. The van der Waals surface area contributed by atoms with E-state index in [0.717, 1.165) is 12.3 Å². The molecular formula is C18H30ClNO3. The maximum absolute atomic E-state index is 8.84. The Labute approximate surface area is 146 Å². The summed E-state index contributed by atoms with van der Waals surface area (Å²) < 4.78 is 10.8. The number of ether oxygens (including phenoxy) is 2. The third kappa shape index (κ3) is 6.98. The van der Waals surface area contributed by atoms with Crippen LogP contribution in [0.25, 0.3) is 0 Å². The zero-order valence-electron chi connectivity index (χ0n) is 14.1. The Hall–Kier alpha value is -0.970. The fourth-order valence-electron chi connectivity index (χ4n) is 3.02. The predicted octanol–water partition coefficient (Wildman–Crippen LogP) is 3.69. The van der Waals surface area contributed by atoms with E-state index in [1.807, 2.05) is 12.1 Å². The molecule has 2 rings (SSSR count). The molecule has 0 radical (unpaired) electrons. The number of hydrogen-bond acceptors (Lipinski definition) is 4. The van der Waals surface area contributed by atoms with Gasteiger partial charge in [-0.25, -0.2) is 0 Å². The Morgan fingerprint density at radius 2 is 1.78 bits per heavy atom. The molecule has 0 aromatic heterocycles. The van der Waals surface area contributed by atoms with E-state index in [1.54, 1.807) is 7.11 Å². The maximum Gasteiger partial charge on any atom is 0.161 e. The summed E-state index contributed by atoms with van der Waals surface area (Å²) in [5, 5.41) is 12.5. The average Bonchev–Trinajstić information content (AvgIpc) is 2.52. The number of nitrogens with one attached hydrogen (secondary N) is 1. The summed E-state index contributed by atoms with van der Waals surface area (Å²) in [7, 11) is 1.65. The van der Waals surface area contributed by atoms with E-state index in [-0.39, 0.29) is 25.6 Å². The van der Waals surface area contributed by atoms with Crippen molar-refractivity contribution < 1.29 is 14.6 Å². The highest BCUT2D eigenvalue weighted by molar-refractivity contribution is 5.85. The van der Waals surface area contributed by atoms with Gasteiger partial charge < -0.3 is 19.9 Å². The Morgan fingerprint density at radius 3 is 2.43 bits per heavy atom. The molecule has 0 unspecified atom stereocenters. The largest absolute Gasteiger partial charge is 0.493 e. The molecule has 1 saturated carbocycles. The van der Waals surface area contributed by atoms with Crippen LogP contribution in [0.3, 0.4) is 0 Å². The number of hydrogen-bond donors (Lipinski definition) is 2. The summed E-state index contributed by atoms with van der Waals surface area (Å²) in [6.45, 7) is 1.16. The third-order valence-corrected chi connectivity index (χ3v) is 4.28. The minimum Gasteiger partial charge on any atom is -0.493 e. The Balaban J connectivity index is 0.00000264. The van der Waals surface area contributed by atoms with E-state index >= 15 is 0 Å². The van der Waals surface area contributed by atoms with Gasteiger partial charge in [0.2, 0.25) is 0 Å². The molecule has 0 spiro atoms. The third-order valence-electron chi connectivity index (χ3n) is 4.28. The molecule has 23 heavy (non-hydrogen) atoms. The highest BCUT2D eigenvalue weighted by atomic mass is 35.5. The van der Waals surface area contributed by atoms with Crippen LogP contribution in [0.1, 0.15) is 50.5 Å². The molecule has 0 aliphatic heterocycles. The first kappa shape index (κ1) is 20.1. The molecule has 1 aliphatic rings. The average molecular weight is 344 g/mol. The zero-order chi connectivity index (χ0) is 15.6. The molecule has 0 amide bonds. The van der Waals surface area contributed by atoms with Crippen molar-refractivity contribution in [2.75, 3.05) is 20.3 Å². The zero-order valence-corrected chi connectivity index (χ0v) is 14.9. The van der Waals surface area contributed by atoms with Crippen LogP contribution in [0.4, 0.5) is 0 Å². The highest BCUT2D eigenvalue weighted by Crippen LogP contribution is 2.28. The lowest BCUT2D eigenvalue weighted by Gasteiger charge is -2.21. The summed E-state index contributed by atoms with van der Waals surface area (Å²) >= 11 is 0. The van der Waals surface area contributed by atoms with E-state index < -0.39 is 0 Å². The summed E-state index contributed by atoms with van der Waals surface area (Å²) in [5.74, 6) is 1.41. The monoisotopic (exact) mass is 343 g/mol. The summed E-state index contributed by atoms with van der Waals surface area (Å²) in [4.78, 5) is 0. The lowest BCUT2D eigenvalue weighted by Crippen LogP contribution is -2.29. The van der Waals surface area contributed by atoms with Gasteiger partial charge in [-0.1, -0.05) is 38.2 Å². The fourth-order valence-corrected chi connectivity index (χ4v) is 3.02. The van der Waals surface area contributed by atoms with Gasteiger partial charge in [-0.3, -0.25) is 0 Å². The molecule has 5 heteroatoms. The van der Waals surface area contributed by atoms with Crippen molar-refractivity contribution in [2.45, 2.75) is 57.5 Å². The molecule has 2 N–H and O–H groups in total. The molecule has 0 bridgehead atoms. The van der Waals surface area contributed by atoms with Crippen LogP contribution in [-0.2, 0) is 6.54 Å². The summed E-state index contributed by atoms with van der Waals surface area (Å²) in [6, 6.07) is 6.63. The van der Waals surface area contributed by atoms with Crippen molar-refractivity contribution in [3.05, 3.63) is 23.8 Å². The second-order valence-electron chi connectivity index (χ2n) is 5.98. The molecule has 132 valence electrons. The quantitative estimate of drug-likeness (QED) is 0.792. The van der Waals surface area contributed by atoms with Crippen molar-refractivity contribution in [1.82, 2.24) is 5.32 Å². The molecule has 1 aromatic rings. The van der Waals surface area contributed by atoms with Gasteiger partial charge in [0.1, 0.15) is 6.61 Å². The van der Waals surface area contributed by atoms with Gasteiger partial charge in [-0.2, -0.15) is 0 Å². The first-order chi connectivity index (χ1) is 10.8. The molecular weight excluding hydrogens is 314 g/mol. The molecule has 4 nitrogen and oxygen atoms in total. The van der Waals surface area contributed by atoms with Crippen molar-refractivity contribution in [3.63, 3.8) is 0 Å². The van der Waals surface area contributed by atoms with Crippen molar-refractivity contribution in [1.29, 1.82) is 0 Å². The van der Waals surface area contributed by atoms with Crippen LogP contribution < -0.4 is 14.8 Å². The molecule has 0 atom stereocenters. The molecule has 0 saturated heterocycles. The normalized spacial score (nSPS) is 16.1. The SMILES string of the molecule is COc1cc(CNC2CCCCCCC2)ccc1OCCO.Cl. The van der Waals surface area contributed by atoms with E-state index in [1.165, 1.54) is 50.5 Å². The second kappa shape index (κ2) is 11.5. The van der Waals surface area contributed by atoms with Gasteiger partial charge in [-0.15, -0.1) is 12.4 Å². The maximum atomic E-state index is 8.84. The Morgan fingerprint density at radius 1 is 1.09 bits per heavy atom. The van der Waals surface area contributed by atoms with E-state index in [9.17, 15) is 0 Å². The topological polar surface area (TPSA) is 50.7 Å². The first-order valence-electron chi connectivity index (χ1n) is 8.47. The highest BCUT2D eigenvalue weighted by Gasteiger charge is 2.11. The van der Waals surface area contributed by atoms with Crippen molar-refractivity contribution in [3.8, 4) is 11.5 Å². The smallest absolute Gasteiger partial charge is 0.161 e. The van der Waals surface area contributed by atoms with Crippen molar-refractivity contribution in [2.24, 2.45) is 0 Å². The number of benzene rings is 1. The number of rotatable bonds is 7. The minimum atomic E-state index is 0. The lowest BCUT2D eigenvalue weighted by molar-refractivity contribution is 0.196. The van der Waals surface area contributed by atoms with Crippen LogP contribution in [0, 0.1) is 0 Å². The number of halogens is 1. The number of methoxy groups -OCH3 is 1. The molecule has 1 aromatic carbocycles. The van der Waals surface area contributed by atoms with Gasteiger partial charge in [-0.05, 0) is 30.5 Å². The van der Waals surface area contributed by atoms with Gasteiger partial charge in [0.05, 0.1) is 13.7 Å². The fraction of sp³-hybridized carbons (Fsp3) is 0.667. The minimum absolute atomic E-state index is 0. The van der Waals surface area contributed by atoms with Gasteiger partial charge in [0.25, 0.3) is 0 Å².